The van der Waals surface area contributed by atoms with Crippen LogP contribution in [0.1, 0.15) is 18.9 Å². The van der Waals surface area contributed by atoms with Crippen LogP contribution >= 0.6 is 0 Å². The van der Waals surface area contributed by atoms with Crippen molar-refractivity contribution in [1.29, 1.82) is 0 Å². The molecule has 0 aliphatic rings. The van der Waals surface area contributed by atoms with E-state index in [1.54, 1.807) is 35.6 Å². The number of aryl methyl sites for hydroxylation is 1. The fraction of sp³-hybridized carbons (Fsp3) is 0.261. The summed E-state index contributed by atoms with van der Waals surface area (Å²) in [4.78, 5) is 27.9. The zero-order valence-electron chi connectivity index (χ0n) is 17.5. The number of hydrogen-bond donors (Lipinski definition) is 1. The third-order valence-corrected chi connectivity index (χ3v) is 4.95. The normalized spacial score (nSPS) is 12.2. The monoisotopic (exact) mass is 406 g/mol. The summed E-state index contributed by atoms with van der Waals surface area (Å²) in [6.45, 7) is 6.76. The van der Waals surface area contributed by atoms with Crippen molar-refractivity contribution in [1.82, 2.24) is 19.4 Å². The highest BCUT2D eigenvalue weighted by molar-refractivity contribution is 6.03. The van der Waals surface area contributed by atoms with Crippen molar-refractivity contribution in [3.05, 3.63) is 70.9 Å². The lowest BCUT2D eigenvalue weighted by Gasteiger charge is -2.09. The quantitative estimate of drug-likeness (QED) is 0.437. The number of hydrogen-bond acceptors (Lipinski definition) is 4. The zero-order chi connectivity index (χ0) is 21.7. The topological polar surface area (TPSA) is 78.2 Å². The summed E-state index contributed by atoms with van der Waals surface area (Å²) in [5.41, 5.74) is 4.83. The van der Waals surface area contributed by atoms with Crippen molar-refractivity contribution < 1.29 is 9.53 Å². The van der Waals surface area contributed by atoms with Crippen LogP contribution in [0, 0.1) is 0 Å². The van der Waals surface area contributed by atoms with Crippen LogP contribution < -0.4 is 11.0 Å². The standard InChI is InChI=1S/C23H26N4O3/c1-5-6-17(8-7-16(2)25-15-28)18-9-10-20-19(13-18)22-21(14-24-20)26(3)23(29)27(22)11-12-30-4/h6-10,13-15H,2,5,11-12H2,1,3-4H3,(H,25,28)/b8-7-,17-6+. The van der Waals surface area contributed by atoms with Gasteiger partial charge < -0.3 is 10.1 Å². The van der Waals surface area contributed by atoms with Crippen LogP contribution in [0.4, 0.5) is 0 Å². The first-order valence-corrected chi connectivity index (χ1v) is 9.76. The Morgan fingerprint density at radius 2 is 2.13 bits per heavy atom. The average Bonchev–Trinajstić information content (AvgIpc) is 2.99. The maximum Gasteiger partial charge on any atom is 0.328 e. The molecule has 2 aromatic heterocycles. The lowest BCUT2D eigenvalue weighted by Crippen LogP contribution is -2.23. The smallest absolute Gasteiger partial charge is 0.328 e. The number of ether oxygens (including phenoxy) is 1. The Bertz CT molecular complexity index is 1210. The molecular formula is C23H26N4O3. The molecular weight excluding hydrogens is 380 g/mol. The lowest BCUT2D eigenvalue weighted by atomic mass is 10.0. The highest BCUT2D eigenvalue weighted by Crippen LogP contribution is 2.27. The van der Waals surface area contributed by atoms with Crippen LogP contribution in [0.25, 0.3) is 27.5 Å². The number of benzene rings is 1. The van der Waals surface area contributed by atoms with Crippen molar-refractivity contribution in [2.75, 3.05) is 13.7 Å². The number of aromatic nitrogens is 3. The molecule has 1 amide bonds. The van der Waals surface area contributed by atoms with Crippen LogP contribution in [-0.2, 0) is 23.1 Å². The van der Waals surface area contributed by atoms with Gasteiger partial charge in [0.25, 0.3) is 0 Å². The molecule has 30 heavy (non-hydrogen) atoms. The molecule has 0 radical (unpaired) electrons. The van der Waals surface area contributed by atoms with Gasteiger partial charge >= 0.3 is 5.69 Å². The Labute approximate surface area is 175 Å². The minimum Gasteiger partial charge on any atom is -0.383 e. The summed E-state index contributed by atoms with van der Waals surface area (Å²) in [6.07, 6.45) is 8.96. The molecule has 3 aromatic rings. The molecule has 7 nitrogen and oxygen atoms in total. The maximum absolute atomic E-state index is 12.8. The van der Waals surface area contributed by atoms with Crippen molar-refractivity contribution in [2.24, 2.45) is 7.05 Å². The highest BCUT2D eigenvalue weighted by atomic mass is 16.5. The minimum absolute atomic E-state index is 0.0952. The second-order valence-corrected chi connectivity index (χ2v) is 6.90. The van der Waals surface area contributed by atoms with E-state index in [0.29, 0.717) is 25.3 Å². The van der Waals surface area contributed by atoms with Crippen molar-refractivity contribution in [2.45, 2.75) is 19.9 Å². The Balaban J connectivity index is 2.20. The summed E-state index contributed by atoms with van der Waals surface area (Å²) in [5, 5.41) is 3.43. The number of nitrogens with zero attached hydrogens (tertiary/aromatic N) is 3. The fourth-order valence-corrected chi connectivity index (χ4v) is 3.46. The summed E-state index contributed by atoms with van der Waals surface area (Å²) >= 11 is 0. The van der Waals surface area contributed by atoms with Gasteiger partial charge in [-0.2, -0.15) is 0 Å². The first-order chi connectivity index (χ1) is 14.5. The number of carbonyl (C=O) groups excluding carboxylic acids is 1. The third-order valence-electron chi connectivity index (χ3n) is 4.95. The van der Waals surface area contributed by atoms with Crippen LogP contribution in [0.2, 0.25) is 0 Å². The third kappa shape index (κ3) is 4.11. The number of imidazole rings is 1. The van der Waals surface area contributed by atoms with Gasteiger partial charge in [0.05, 0.1) is 35.9 Å². The fourth-order valence-electron chi connectivity index (χ4n) is 3.46. The molecule has 0 fully saturated rings. The van der Waals surface area contributed by atoms with Crippen LogP contribution in [0.15, 0.2) is 59.7 Å². The highest BCUT2D eigenvalue weighted by Gasteiger charge is 2.15. The molecule has 7 heteroatoms. The number of carbonyl (C=O) groups is 1. The summed E-state index contributed by atoms with van der Waals surface area (Å²) in [5.74, 6) is 0. The van der Waals surface area contributed by atoms with Gasteiger partial charge in [-0.3, -0.25) is 18.9 Å². The molecule has 0 aliphatic heterocycles. The van der Waals surface area contributed by atoms with Crippen molar-refractivity contribution in [3.63, 3.8) is 0 Å². The predicted molar refractivity (Wildman–Crippen MR) is 120 cm³/mol. The van der Waals surface area contributed by atoms with Gasteiger partial charge in [-0.15, -0.1) is 0 Å². The average molecular weight is 406 g/mol. The number of methoxy groups -OCH3 is 1. The lowest BCUT2D eigenvalue weighted by molar-refractivity contribution is -0.108. The van der Waals surface area contributed by atoms with E-state index in [-0.39, 0.29) is 5.69 Å². The van der Waals surface area contributed by atoms with Crippen molar-refractivity contribution in [3.8, 4) is 0 Å². The van der Waals surface area contributed by atoms with Gasteiger partial charge in [0.2, 0.25) is 6.41 Å². The van der Waals surface area contributed by atoms with Crippen LogP contribution in [0.5, 0.6) is 0 Å². The number of pyridine rings is 1. The molecule has 0 saturated heterocycles. The second kappa shape index (κ2) is 9.37. The van der Waals surface area contributed by atoms with Gasteiger partial charge in [-0.1, -0.05) is 31.7 Å². The molecule has 0 bridgehead atoms. The Hall–Kier alpha value is -3.45. The largest absolute Gasteiger partial charge is 0.383 e. The van der Waals surface area contributed by atoms with E-state index in [4.69, 9.17) is 4.74 Å². The molecule has 0 unspecified atom stereocenters. The molecule has 3 rings (SSSR count). The molecule has 2 heterocycles. The summed E-state index contributed by atoms with van der Waals surface area (Å²) in [7, 11) is 3.37. The van der Waals surface area contributed by atoms with Crippen molar-refractivity contribution >= 4 is 33.9 Å². The van der Waals surface area contributed by atoms with Crippen LogP contribution in [-0.4, -0.2) is 34.2 Å². The Morgan fingerprint density at radius 3 is 2.83 bits per heavy atom. The van der Waals surface area contributed by atoms with E-state index in [1.807, 2.05) is 18.2 Å². The molecule has 1 N–H and O–H groups in total. The van der Waals surface area contributed by atoms with Gasteiger partial charge in [0, 0.05) is 25.2 Å². The van der Waals surface area contributed by atoms with E-state index in [2.05, 4.69) is 35.9 Å². The predicted octanol–water partition coefficient (Wildman–Crippen LogP) is 3.14. The summed E-state index contributed by atoms with van der Waals surface area (Å²) < 4.78 is 8.55. The molecule has 1 aromatic carbocycles. The minimum atomic E-state index is -0.0952. The molecule has 0 atom stereocenters. The molecule has 156 valence electrons. The number of fused-ring (bicyclic) bond motifs is 3. The van der Waals surface area contributed by atoms with Gasteiger partial charge in [-0.05, 0) is 35.8 Å². The molecule has 0 aliphatic carbocycles. The van der Waals surface area contributed by atoms with E-state index < -0.39 is 0 Å². The summed E-state index contributed by atoms with van der Waals surface area (Å²) in [6, 6.07) is 6.01. The second-order valence-electron chi connectivity index (χ2n) is 6.90. The SMILES string of the molecule is C=C(/C=C\C(=C/CC)c1ccc2ncc3c(c2c1)n(CCOC)c(=O)n3C)NC=O. The molecule has 0 spiro atoms. The Kier molecular flexibility index (Phi) is 6.64. The van der Waals surface area contributed by atoms with Gasteiger partial charge in [0.1, 0.15) is 0 Å². The number of rotatable bonds is 9. The van der Waals surface area contributed by atoms with Gasteiger partial charge in [-0.25, -0.2) is 4.79 Å². The first-order valence-electron chi connectivity index (χ1n) is 9.76. The maximum atomic E-state index is 12.8. The van der Waals surface area contributed by atoms with Gasteiger partial charge in [0.15, 0.2) is 0 Å². The van der Waals surface area contributed by atoms with E-state index in [9.17, 15) is 9.59 Å². The number of nitrogens with one attached hydrogen (secondary N) is 1. The number of amides is 1. The van der Waals surface area contributed by atoms with Crippen LogP contribution in [0.3, 0.4) is 0 Å². The zero-order valence-corrected chi connectivity index (χ0v) is 17.5. The van der Waals surface area contributed by atoms with E-state index in [1.165, 1.54) is 0 Å². The first kappa shape index (κ1) is 21.3. The molecule has 0 saturated carbocycles. The number of allylic oxidation sites excluding steroid dienone is 4. The van der Waals surface area contributed by atoms with E-state index in [0.717, 1.165) is 39.5 Å². The van der Waals surface area contributed by atoms with E-state index >= 15 is 0 Å². The Morgan fingerprint density at radius 1 is 1.33 bits per heavy atom.